The van der Waals surface area contributed by atoms with Crippen LogP contribution >= 0.6 is 0 Å². The molecule has 1 aliphatic rings. The van der Waals surface area contributed by atoms with E-state index in [1.165, 1.54) is 12.1 Å². The Kier molecular flexibility index (Phi) is 8.37. The second-order valence-corrected chi connectivity index (χ2v) is 8.81. The number of anilines is 1. The van der Waals surface area contributed by atoms with Gasteiger partial charge in [-0.25, -0.2) is 4.79 Å². The number of nitrogens with one attached hydrogen (secondary N) is 3. The molecule has 3 N–H and O–H groups in total. The Labute approximate surface area is 202 Å². The number of urea groups is 1. The molecule has 2 aromatic carbocycles. The van der Waals surface area contributed by atoms with Gasteiger partial charge in [-0.1, -0.05) is 12.1 Å². The zero-order chi connectivity index (χ0) is 25.6. The van der Waals surface area contributed by atoms with Crippen molar-refractivity contribution in [3.63, 3.8) is 0 Å². The van der Waals surface area contributed by atoms with Crippen molar-refractivity contribution in [3.05, 3.63) is 65.2 Å². The van der Waals surface area contributed by atoms with E-state index in [4.69, 9.17) is 0 Å². The third-order valence-corrected chi connectivity index (χ3v) is 5.71. The summed E-state index contributed by atoms with van der Waals surface area (Å²) in [6.07, 6.45) is -3.49. The molecule has 188 valence electrons. The van der Waals surface area contributed by atoms with Crippen LogP contribution in [-0.2, 0) is 17.5 Å². The van der Waals surface area contributed by atoms with Gasteiger partial charge in [0.05, 0.1) is 5.56 Å². The summed E-state index contributed by atoms with van der Waals surface area (Å²) in [7, 11) is 0. The third kappa shape index (κ3) is 7.46. The van der Waals surface area contributed by atoms with Crippen LogP contribution in [0.15, 0.2) is 48.5 Å². The second-order valence-electron chi connectivity index (χ2n) is 8.81. The van der Waals surface area contributed by atoms with Gasteiger partial charge in [0.25, 0.3) is 5.91 Å². The van der Waals surface area contributed by atoms with Gasteiger partial charge in [-0.3, -0.25) is 9.59 Å². The topological polar surface area (TPSA) is 90.5 Å². The number of benzene rings is 2. The largest absolute Gasteiger partial charge is 0.416 e. The summed E-state index contributed by atoms with van der Waals surface area (Å²) in [5, 5.41) is 8.37. The summed E-state index contributed by atoms with van der Waals surface area (Å²) >= 11 is 0. The number of alkyl halides is 3. The first-order valence-corrected chi connectivity index (χ1v) is 11.4. The van der Waals surface area contributed by atoms with Gasteiger partial charge in [0.1, 0.15) is 0 Å². The van der Waals surface area contributed by atoms with Gasteiger partial charge in [-0.2, -0.15) is 13.2 Å². The molecule has 0 spiro atoms. The number of halogens is 3. The molecule has 0 aliphatic carbocycles. The van der Waals surface area contributed by atoms with Gasteiger partial charge < -0.3 is 20.9 Å². The van der Waals surface area contributed by atoms with Crippen molar-refractivity contribution >= 4 is 23.5 Å². The molecule has 1 saturated heterocycles. The average molecular weight is 491 g/mol. The molecule has 4 amide bonds. The van der Waals surface area contributed by atoms with Crippen molar-refractivity contribution in [3.8, 4) is 0 Å². The molecule has 0 saturated carbocycles. The fraction of sp³-hybridized carbons (Fsp3) is 0.400. The van der Waals surface area contributed by atoms with Crippen LogP contribution in [0.5, 0.6) is 0 Å². The molecule has 0 atom stereocenters. The fourth-order valence-corrected chi connectivity index (χ4v) is 3.80. The van der Waals surface area contributed by atoms with E-state index in [1.807, 2.05) is 26.0 Å². The minimum Gasteiger partial charge on any atom is -0.352 e. The number of likely N-dealkylation sites (tertiary alicyclic amines) is 1. The lowest BCUT2D eigenvalue weighted by Gasteiger charge is -2.31. The molecule has 1 heterocycles. The first kappa shape index (κ1) is 26.1. The molecule has 0 aromatic heterocycles. The zero-order valence-corrected chi connectivity index (χ0v) is 19.6. The van der Waals surface area contributed by atoms with Gasteiger partial charge in [-0.15, -0.1) is 0 Å². The van der Waals surface area contributed by atoms with Gasteiger partial charge in [-0.05, 0) is 68.7 Å². The number of nitrogens with zero attached hydrogens (tertiary/aromatic N) is 1. The highest BCUT2D eigenvalue weighted by Crippen LogP contribution is 2.29. The molecule has 2 aromatic rings. The van der Waals surface area contributed by atoms with Crippen molar-refractivity contribution in [2.75, 3.05) is 18.4 Å². The molecule has 0 radical (unpaired) electrons. The first-order chi connectivity index (χ1) is 16.5. The van der Waals surface area contributed by atoms with Crippen molar-refractivity contribution in [1.82, 2.24) is 15.5 Å². The molecule has 1 fully saturated rings. The predicted molar refractivity (Wildman–Crippen MR) is 126 cm³/mol. The maximum absolute atomic E-state index is 12.7. The van der Waals surface area contributed by atoms with E-state index in [0.717, 1.165) is 17.7 Å². The van der Waals surface area contributed by atoms with E-state index < -0.39 is 11.7 Å². The molecule has 1 aliphatic heterocycles. The Bertz CT molecular complexity index is 1030. The van der Waals surface area contributed by atoms with Crippen LogP contribution in [0, 0.1) is 5.92 Å². The average Bonchev–Trinajstić information content (AvgIpc) is 2.82. The Morgan fingerprint density at radius 1 is 0.971 bits per heavy atom. The molecule has 0 unspecified atom stereocenters. The highest BCUT2D eigenvalue weighted by atomic mass is 19.4. The number of carbonyl (C=O) groups is 3. The van der Waals surface area contributed by atoms with Crippen LogP contribution < -0.4 is 16.0 Å². The van der Waals surface area contributed by atoms with E-state index >= 15 is 0 Å². The van der Waals surface area contributed by atoms with Crippen LogP contribution in [0.25, 0.3) is 0 Å². The van der Waals surface area contributed by atoms with Crippen molar-refractivity contribution < 1.29 is 27.6 Å². The number of rotatable bonds is 6. The minimum absolute atomic E-state index is 0.0271. The van der Waals surface area contributed by atoms with Crippen molar-refractivity contribution in [2.24, 2.45) is 5.92 Å². The maximum Gasteiger partial charge on any atom is 0.416 e. The molecule has 35 heavy (non-hydrogen) atoms. The molecular formula is C25H29F3N4O3. The molecular weight excluding hydrogens is 461 g/mol. The summed E-state index contributed by atoms with van der Waals surface area (Å²) in [6.45, 7) is 4.79. The van der Waals surface area contributed by atoms with Gasteiger partial charge in [0.15, 0.2) is 0 Å². The number of amides is 4. The molecule has 0 bridgehead atoms. The summed E-state index contributed by atoms with van der Waals surface area (Å²) < 4.78 is 38.1. The highest BCUT2D eigenvalue weighted by molar-refractivity contribution is 5.94. The van der Waals surface area contributed by atoms with Crippen LogP contribution in [0.4, 0.5) is 23.7 Å². The smallest absolute Gasteiger partial charge is 0.352 e. The Morgan fingerprint density at radius 2 is 1.57 bits per heavy atom. The minimum atomic E-state index is -4.45. The number of hydrogen-bond donors (Lipinski definition) is 3. The lowest BCUT2D eigenvalue weighted by molar-refractivity contribution is -0.137. The monoisotopic (exact) mass is 490 g/mol. The SMILES string of the molecule is CC(C)NC(=O)Nc1ccc(CNC(=O)C2CCN(C(=O)c3ccc(C(F)(F)F)cc3)CC2)cc1. The maximum atomic E-state index is 12.7. The van der Waals surface area contributed by atoms with Crippen molar-refractivity contribution in [1.29, 1.82) is 0 Å². The third-order valence-electron chi connectivity index (χ3n) is 5.71. The lowest BCUT2D eigenvalue weighted by atomic mass is 9.95. The van der Waals surface area contributed by atoms with E-state index in [2.05, 4.69) is 16.0 Å². The summed E-state index contributed by atoms with van der Waals surface area (Å²) in [5.41, 5.74) is 0.916. The van der Waals surface area contributed by atoms with Gasteiger partial charge in [0.2, 0.25) is 5.91 Å². The zero-order valence-electron chi connectivity index (χ0n) is 19.6. The number of carbonyl (C=O) groups excluding carboxylic acids is 3. The highest BCUT2D eigenvalue weighted by Gasteiger charge is 2.31. The van der Waals surface area contributed by atoms with Crippen LogP contribution in [0.2, 0.25) is 0 Å². The van der Waals surface area contributed by atoms with E-state index in [1.54, 1.807) is 17.0 Å². The van der Waals surface area contributed by atoms with Crippen molar-refractivity contribution in [2.45, 2.75) is 45.5 Å². The lowest BCUT2D eigenvalue weighted by Crippen LogP contribution is -2.42. The number of piperidine rings is 1. The van der Waals surface area contributed by atoms with Crippen LogP contribution in [-0.4, -0.2) is 41.9 Å². The van der Waals surface area contributed by atoms with Crippen LogP contribution in [0.3, 0.4) is 0 Å². The Balaban J connectivity index is 1.44. The first-order valence-electron chi connectivity index (χ1n) is 11.4. The van der Waals surface area contributed by atoms with E-state index in [9.17, 15) is 27.6 Å². The predicted octanol–water partition coefficient (Wildman–Crippen LogP) is 4.40. The summed E-state index contributed by atoms with van der Waals surface area (Å²) in [4.78, 5) is 38.5. The molecule has 3 rings (SSSR count). The quantitative estimate of drug-likeness (QED) is 0.561. The fourth-order valence-electron chi connectivity index (χ4n) is 3.80. The Morgan fingerprint density at radius 3 is 2.11 bits per heavy atom. The van der Waals surface area contributed by atoms with Gasteiger partial charge >= 0.3 is 12.2 Å². The standard InChI is InChI=1S/C25H29F3N4O3/c1-16(2)30-24(35)31-21-9-3-17(4-10-21)15-29-22(33)18-11-13-32(14-12-18)23(34)19-5-7-20(8-6-19)25(26,27)28/h3-10,16,18H,11-15H2,1-2H3,(H,29,33)(H2,30,31,35). The summed E-state index contributed by atoms with van der Waals surface area (Å²) in [6, 6.07) is 11.0. The number of hydrogen-bond acceptors (Lipinski definition) is 3. The molecule has 7 nitrogen and oxygen atoms in total. The molecule has 10 heteroatoms. The summed E-state index contributed by atoms with van der Waals surface area (Å²) in [5.74, 6) is -0.689. The van der Waals surface area contributed by atoms with E-state index in [0.29, 0.717) is 38.2 Å². The second kappa shape index (κ2) is 11.2. The normalized spacial score (nSPS) is 14.5. The van der Waals surface area contributed by atoms with Gasteiger partial charge in [0, 0.05) is 42.8 Å². The van der Waals surface area contributed by atoms with Crippen LogP contribution in [0.1, 0.15) is 48.2 Å². The Hall–Kier alpha value is -3.56. The van der Waals surface area contributed by atoms with E-state index in [-0.39, 0.29) is 35.4 Å².